The molecule has 1 fully saturated rings. The van der Waals surface area contributed by atoms with Crippen molar-refractivity contribution in [1.29, 1.82) is 0 Å². The van der Waals surface area contributed by atoms with Crippen LogP contribution in [0.1, 0.15) is 12.8 Å². The number of hydrogen-bond donors (Lipinski definition) is 1. The summed E-state index contributed by atoms with van der Waals surface area (Å²) in [5.74, 6) is 0.333. The van der Waals surface area contributed by atoms with Gasteiger partial charge in [-0.25, -0.2) is 4.79 Å². The molecule has 0 bridgehead atoms. The first-order chi connectivity index (χ1) is 8.17. The minimum atomic E-state index is -0.271. The molecule has 6 nitrogen and oxygen atoms in total. The molecule has 6 heteroatoms. The summed E-state index contributed by atoms with van der Waals surface area (Å²) in [7, 11) is 2.88. The van der Waals surface area contributed by atoms with Gasteiger partial charge in [-0.15, -0.1) is 0 Å². The SMILES string of the molecule is COCC(=O)NCC1CCN(C(=O)OC)CC1. The second kappa shape index (κ2) is 7.11. The molecule has 1 saturated heterocycles. The van der Waals surface area contributed by atoms with Crippen molar-refractivity contribution in [2.75, 3.05) is 40.5 Å². The molecule has 0 aromatic rings. The number of rotatable bonds is 4. The fourth-order valence-corrected chi connectivity index (χ4v) is 1.89. The molecule has 1 rings (SSSR count). The van der Waals surface area contributed by atoms with Crippen LogP contribution in [0.2, 0.25) is 0 Å². The van der Waals surface area contributed by atoms with E-state index in [9.17, 15) is 9.59 Å². The highest BCUT2D eigenvalue weighted by Crippen LogP contribution is 2.16. The third kappa shape index (κ3) is 4.60. The van der Waals surface area contributed by atoms with Crippen LogP contribution in [-0.4, -0.2) is 57.4 Å². The maximum atomic E-state index is 11.2. The summed E-state index contributed by atoms with van der Waals surface area (Å²) in [6.45, 7) is 2.13. The van der Waals surface area contributed by atoms with Crippen LogP contribution in [0.5, 0.6) is 0 Å². The number of hydrogen-bond acceptors (Lipinski definition) is 4. The molecule has 1 aliphatic heterocycles. The van der Waals surface area contributed by atoms with Crippen molar-refractivity contribution in [1.82, 2.24) is 10.2 Å². The van der Waals surface area contributed by atoms with Gasteiger partial charge >= 0.3 is 6.09 Å². The van der Waals surface area contributed by atoms with Gasteiger partial charge in [-0.3, -0.25) is 4.79 Å². The first-order valence-electron chi connectivity index (χ1n) is 5.76. The van der Waals surface area contributed by atoms with Gasteiger partial charge in [0.15, 0.2) is 0 Å². The summed E-state index contributed by atoms with van der Waals surface area (Å²) in [5, 5.41) is 2.81. The summed E-state index contributed by atoms with van der Waals surface area (Å²) in [4.78, 5) is 24.1. The number of carbonyl (C=O) groups is 2. The van der Waals surface area contributed by atoms with E-state index in [1.165, 1.54) is 14.2 Å². The fraction of sp³-hybridized carbons (Fsp3) is 0.818. The van der Waals surface area contributed by atoms with Crippen molar-refractivity contribution in [3.8, 4) is 0 Å². The Bertz CT molecular complexity index is 262. The highest BCUT2D eigenvalue weighted by Gasteiger charge is 2.23. The van der Waals surface area contributed by atoms with E-state index in [0.717, 1.165) is 12.8 Å². The van der Waals surface area contributed by atoms with Crippen LogP contribution in [0.25, 0.3) is 0 Å². The zero-order chi connectivity index (χ0) is 12.7. The normalized spacial score (nSPS) is 16.7. The van der Waals surface area contributed by atoms with Crippen molar-refractivity contribution < 1.29 is 19.1 Å². The molecular weight excluding hydrogens is 224 g/mol. The van der Waals surface area contributed by atoms with Gasteiger partial charge < -0.3 is 19.7 Å². The van der Waals surface area contributed by atoms with Gasteiger partial charge in [-0.05, 0) is 18.8 Å². The summed E-state index contributed by atoms with van der Waals surface area (Å²) in [6, 6.07) is 0. The van der Waals surface area contributed by atoms with Gasteiger partial charge in [-0.2, -0.15) is 0 Å². The van der Waals surface area contributed by atoms with E-state index in [2.05, 4.69) is 10.1 Å². The zero-order valence-corrected chi connectivity index (χ0v) is 10.4. The fourth-order valence-electron chi connectivity index (χ4n) is 1.89. The molecule has 0 radical (unpaired) electrons. The van der Waals surface area contributed by atoms with Crippen LogP contribution in [0.4, 0.5) is 4.79 Å². The standard InChI is InChI=1S/C11H20N2O4/c1-16-8-10(14)12-7-9-3-5-13(6-4-9)11(15)17-2/h9H,3-8H2,1-2H3,(H,12,14). The Morgan fingerprint density at radius 2 is 1.94 bits per heavy atom. The van der Waals surface area contributed by atoms with Crippen LogP contribution < -0.4 is 5.32 Å². The summed E-state index contributed by atoms with van der Waals surface area (Å²) in [5.41, 5.74) is 0. The Morgan fingerprint density at radius 3 is 2.47 bits per heavy atom. The Labute approximate surface area is 101 Å². The smallest absolute Gasteiger partial charge is 0.409 e. The lowest BCUT2D eigenvalue weighted by atomic mass is 9.97. The van der Waals surface area contributed by atoms with E-state index in [0.29, 0.717) is 25.6 Å². The number of methoxy groups -OCH3 is 2. The van der Waals surface area contributed by atoms with Crippen LogP contribution >= 0.6 is 0 Å². The molecule has 0 unspecified atom stereocenters. The van der Waals surface area contributed by atoms with Crippen LogP contribution in [0.15, 0.2) is 0 Å². The minimum Gasteiger partial charge on any atom is -0.453 e. The predicted molar refractivity (Wildman–Crippen MR) is 61.6 cm³/mol. The van der Waals surface area contributed by atoms with E-state index in [1.807, 2.05) is 0 Å². The number of carbonyl (C=O) groups excluding carboxylic acids is 2. The van der Waals surface area contributed by atoms with Crippen LogP contribution in [-0.2, 0) is 14.3 Å². The monoisotopic (exact) mass is 244 g/mol. The van der Waals surface area contributed by atoms with Gasteiger partial charge in [-0.1, -0.05) is 0 Å². The first-order valence-corrected chi connectivity index (χ1v) is 5.76. The average Bonchev–Trinajstić information content (AvgIpc) is 2.36. The van der Waals surface area contributed by atoms with E-state index >= 15 is 0 Å². The number of amides is 2. The summed E-state index contributed by atoms with van der Waals surface area (Å²) >= 11 is 0. The molecule has 98 valence electrons. The van der Waals surface area contributed by atoms with Crippen LogP contribution in [0, 0.1) is 5.92 Å². The van der Waals surface area contributed by atoms with Gasteiger partial charge in [0.25, 0.3) is 0 Å². The number of nitrogens with one attached hydrogen (secondary N) is 1. The van der Waals surface area contributed by atoms with Crippen molar-refractivity contribution in [3.05, 3.63) is 0 Å². The Kier molecular flexibility index (Phi) is 5.76. The zero-order valence-electron chi connectivity index (χ0n) is 10.4. The average molecular weight is 244 g/mol. The van der Waals surface area contributed by atoms with Gasteiger partial charge in [0.2, 0.25) is 5.91 Å². The van der Waals surface area contributed by atoms with Crippen molar-refractivity contribution in [3.63, 3.8) is 0 Å². The van der Waals surface area contributed by atoms with Gasteiger partial charge in [0, 0.05) is 26.7 Å². The second-order valence-electron chi connectivity index (χ2n) is 4.14. The summed E-state index contributed by atoms with van der Waals surface area (Å²) in [6.07, 6.45) is 1.51. The highest BCUT2D eigenvalue weighted by atomic mass is 16.5. The molecule has 1 aliphatic rings. The maximum absolute atomic E-state index is 11.2. The molecule has 0 aromatic carbocycles. The number of piperidine rings is 1. The molecule has 0 aliphatic carbocycles. The lowest BCUT2D eigenvalue weighted by molar-refractivity contribution is -0.125. The first kappa shape index (κ1) is 13.8. The van der Waals surface area contributed by atoms with Crippen LogP contribution in [0.3, 0.4) is 0 Å². The molecule has 0 spiro atoms. The molecule has 0 atom stereocenters. The molecule has 1 N–H and O–H groups in total. The van der Waals surface area contributed by atoms with Crippen molar-refractivity contribution in [2.24, 2.45) is 5.92 Å². The van der Waals surface area contributed by atoms with Crippen molar-refractivity contribution >= 4 is 12.0 Å². The van der Waals surface area contributed by atoms with Gasteiger partial charge in [0.05, 0.1) is 7.11 Å². The largest absolute Gasteiger partial charge is 0.453 e. The summed E-state index contributed by atoms with van der Waals surface area (Å²) < 4.78 is 9.38. The predicted octanol–water partition coefficient (Wildman–Crippen LogP) is 0.227. The number of nitrogens with zero attached hydrogens (tertiary/aromatic N) is 1. The number of ether oxygens (including phenoxy) is 2. The highest BCUT2D eigenvalue weighted by molar-refractivity contribution is 5.77. The molecule has 1 heterocycles. The molecule has 2 amide bonds. The third-order valence-electron chi connectivity index (χ3n) is 2.91. The number of likely N-dealkylation sites (tertiary alicyclic amines) is 1. The topological polar surface area (TPSA) is 67.9 Å². The van der Waals surface area contributed by atoms with Crippen molar-refractivity contribution in [2.45, 2.75) is 12.8 Å². The second-order valence-corrected chi connectivity index (χ2v) is 4.14. The molecular formula is C11H20N2O4. The quantitative estimate of drug-likeness (QED) is 0.768. The Balaban J connectivity index is 2.19. The Morgan fingerprint density at radius 1 is 1.29 bits per heavy atom. The lowest BCUT2D eigenvalue weighted by Gasteiger charge is -2.30. The van der Waals surface area contributed by atoms with Gasteiger partial charge in [0.1, 0.15) is 6.61 Å². The minimum absolute atomic E-state index is 0.0945. The van der Waals surface area contributed by atoms with E-state index in [-0.39, 0.29) is 18.6 Å². The molecule has 17 heavy (non-hydrogen) atoms. The maximum Gasteiger partial charge on any atom is 0.409 e. The van der Waals surface area contributed by atoms with E-state index in [1.54, 1.807) is 4.90 Å². The van der Waals surface area contributed by atoms with E-state index < -0.39 is 0 Å². The lowest BCUT2D eigenvalue weighted by Crippen LogP contribution is -2.41. The third-order valence-corrected chi connectivity index (χ3v) is 2.91. The Hall–Kier alpha value is -1.30. The molecule has 0 aromatic heterocycles. The molecule has 0 saturated carbocycles. The van der Waals surface area contributed by atoms with E-state index in [4.69, 9.17) is 4.74 Å².